The molecular weight excluding hydrogens is 234 g/mol. The van der Waals surface area contributed by atoms with Gasteiger partial charge in [0.25, 0.3) is 0 Å². The van der Waals surface area contributed by atoms with E-state index in [0.717, 1.165) is 36.7 Å². The zero-order valence-corrected chi connectivity index (χ0v) is 11.5. The van der Waals surface area contributed by atoms with Crippen molar-refractivity contribution in [1.82, 2.24) is 15.3 Å². The minimum Gasteiger partial charge on any atom is -0.394 e. The Morgan fingerprint density at radius 3 is 2.88 bits per heavy atom. The van der Waals surface area contributed by atoms with Crippen molar-refractivity contribution in [2.75, 3.05) is 18.9 Å². The highest BCUT2D eigenvalue weighted by Gasteiger charge is 2.25. The molecule has 0 bridgehead atoms. The molecule has 0 spiro atoms. The van der Waals surface area contributed by atoms with Gasteiger partial charge < -0.3 is 15.4 Å². The highest BCUT2D eigenvalue weighted by atomic mass is 32.2. The van der Waals surface area contributed by atoms with Gasteiger partial charge in [0.15, 0.2) is 5.16 Å². The number of aromatic nitrogens is 2. The van der Waals surface area contributed by atoms with E-state index >= 15 is 0 Å². The molecule has 1 rings (SSSR count). The fourth-order valence-electron chi connectivity index (χ4n) is 1.92. The molecular formula is C12H23N3OS. The number of likely N-dealkylation sites (N-methyl/N-ethyl adjacent to an activating group) is 1. The summed E-state index contributed by atoms with van der Waals surface area (Å²) in [7, 11) is 0. The molecule has 3 N–H and O–H groups in total. The van der Waals surface area contributed by atoms with Gasteiger partial charge in [-0.1, -0.05) is 25.6 Å². The van der Waals surface area contributed by atoms with Crippen LogP contribution in [0.15, 0.2) is 17.6 Å². The van der Waals surface area contributed by atoms with Crippen LogP contribution in [0.4, 0.5) is 0 Å². The first-order valence-corrected chi connectivity index (χ1v) is 7.23. The molecule has 1 atom stereocenters. The van der Waals surface area contributed by atoms with Crippen LogP contribution in [0.25, 0.3) is 0 Å². The van der Waals surface area contributed by atoms with Crippen molar-refractivity contribution in [2.45, 2.75) is 43.8 Å². The van der Waals surface area contributed by atoms with Gasteiger partial charge >= 0.3 is 0 Å². The maximum Gasteiger partial charge on any atom is 0.165 e. The van der Waals surface area contributed by atoms with E-state index in [9.17, 15) is 5.11 Å². The minimum absolute atomic E-state index is 0.0987. The minimum atomic E-state index is -0.0987. The van der Waals surface area contributed by atoms with Crippen LogP contribution in [0.2, 0.25) is 0 Å². The molecule has 0 amide bonds. The molecule has 4 nitrogen and oxygen atoms in total. The van der Waals surface area contributed by atoms with Crippen LogP contribution in [0, 0.1) is 0 Å². The second kappa shape index (κ2) is 7.74. The van der Waals surface area contributed by atoms with Gasteiger partial charge in [-0.2, -0.15) is 0 Å². The monoisotopic (exact) mass is 257 g/mol. The lowest BCUT2D eigenvalue weighted by Gasteiger charge is -2.31. The Hall–Kier alpha value is -0.520. The third kappa shape index (κ3) is 4.69. The van der Waals surface area contributed by atoms with Crippen LogP contribution in [0.5, 0.6) is 0 Å². The predicted molar refractivity (Wildman–Crippen MR) is 72.3 cm³/mol. The molecule has 1 aromatic rings. The number of thioether (sulfide) groups is 1. The maximum absolute atomic E-state index is 9.50. The zero-order valence-electron chi connectivity index (χ0n) is 10.7. The molecule has 0 aliphatic carbocycles. The lowest BCUT2D eigenvalue weighted by molar-refractivity contribution is 0.148. The van der Waals surface area contributed by atoms with Crippen molar-refractivity contribution in [2.24, 2.45) is 0 Å². The number of aliphatic hydroxyl groups excluding tert-OH is 1. The molecule has 1 heterocycles. The summed E-state index contributed by atoms with van der Waals surface area (Å²) in [5, 5.41) is 13.9. The van der Waals surface area contributed by atoms with Gasteiger partial charge in [-0.3, -0.25) is 0 Å². The molecule has 5 heteroatoms. The Morgan fingerprint density at radius 1 is 1.53 bits per heavy atom. The van der Waals surface area contributed by atoms with Gasteiger partial charge in [-0.15, -0.1) is 0 Å². The third-order valence-electron chi connectivity index (χ3n) is 3.04. The van der Waals surface area contributed by atoms with E-state index in [-0.39, 0.29) is 12.1 Å². The number of nitrogens with one attached hydrogen (secondary N) is 2. The van der Waals surface area contributed by atoms with E-state index in [1.54, 1.807) is 18.0 Å². The van der Waals surface area contributed by atoms with Crippen molar-refractivity contribution in [3.63, 3.8) is 0 Å². The van der Waals surface area contributed by atoms with Gasteiger partial charge in [0.05, 0.1) is 6.61 Å². The highest BCUT2D eigenvalue weighted by Crippen LogP contribution is 2.20. The van der Waals surface area contributed by atoms with Crippen molar-refractivity contribution in [3.8, 4) is 0 Å². The Morgan fingerprint density at radius 2 is 2.35 bits per heavy atom. The first-order valence-electron chi connectivity index (χ1n) is 6.24. The van der Waals surface area contributed by atoms with Crippen LogP contribution >= 0.6 is 11.8 Å². The Balaban J connectivity index is 2.27. The summed E-state index contributed by atoms with van der Waals surface area (Å²) < 4.78 is 0. The average molecular weight is 257 g/mol. The molecule has 0 saturated carbocycles. The van der Waals surface area contributed by atoms with Gasteiger partial charge in [0, 0.05) is 23.7 Å². The molecule has 0 fully saturated rings. The number of aliphatic hydroxyl groups is 1. The smallest absolute Gasteiger partial charge is 0.165 e. The number of imidazole rings is 1. The molecule has 0 radical (unpaired) electrons. The first kappa shape index (κ1) is 14.5. The maximum atomic E-state index is 9.50. The Bertz CT molecular complexity index is 286. The summed E-state index contributed by atoms with van der Waals surface area (Å²) in [6.45, 7) is 5.32. The van der Waals surface area contributed by atoms with E-state index in [1.807, 2.05) is 6.20 Å². The molecule has 1 aromatic heterocycles. The van der Waals surface area contributed by atoms with Gasteiger partial charge in [0.1, 0.15) is 0 Å². The Kier molecular flexibility index (Phi) is 6.62. The normalized spacial score (nSPS) is 14.8. The summed E-state index contributed by atoms with van der Waals surface area (Å²) in [6, 6.07) is 0. The van der Waals surface area contributed by atoms with Crippen LogP contribution < -0.4 is 5.32 Å². The molecule has 0 aromatic carbocycles. The summed E-state index contributed by atoms with van der Waals surface area (Å²) >= 11 is 1.73. The highest BCUT2D eigenvalue weighted by molar-refractivity contribution is 7.99. The third-order valence-corrected chi connectivity index (χ3v) is 4.03. The van der Waals surface area contributed by atoms with Crippen LogP contribution in [-0.2, 0) is 0 Å². The van der Waals surface area contributed by atoms with E-state index in [2.05, 4.69) is 29.1 Å². The van der Waals surface area contributed by atoms with Crippen molar-refractivity contribution >= 4 is 11.8 Å². The van der Waals surface area contributed by atoms with Crippen molar-refractivity contribution in [3.05, 3.63) is 12.4 Å². The van der Waals surface area contributed by atoms with E-state index in [4.69, 9.17) is 0 Å². The Labute approximate surface area is 108 Å². The lowest BCUT2D eigenvalue weighted by Crippen LogP contribution is -2.48. The fourth-order valence-corrected chi connectivity index (χ4v) is 2.69. The number of hydrogen-bond donors (Lipinski definition) is 3. The molecule has 1 unspecified atom stereocenters. The van der Waals surface area contributed by atoms with E-state index in [0.29, 0.717) is 0 Å². The number of hydrogen-bond acceptors (Lipinski definition) is 4. The van der Waals surface area contributed by atoms with Gasteiger partial charge in [-0.25, -0.2) is 4.98 Å². The second-order valence-corrected chi connectivity index (χ2v) is 5.25. The molecule has 98 valence electrons. The predicted octanol–water partition coefficient (Wildman–Crippen LogP) is 2.03. The summed E-state index contributed by atoms with van der Waals surface area (Å²) in [5.41, 5.74) is -0.0987. The number of H-pyrrole nitrogens is 1. The van der Waals surface area contributed by atoms with Crippen LogP contribution in [-0.4, -0.2) is 39.5 Å². The number of aromatic amines is 1. The van der Waals surface area contributed by atoms with E-state index in [1.165, 1.54) is 0 Å². The standard InChI is InChI=1S/C12H23N3OS/c1-3-12(10-16,15-4-2)6-5-9-17-11-13-7-8-14-11/h7-8,15-16H,3-6,9-10H2,1-2H3,(H,13,14). The van der Waals surface area contributed by atoms with Crippen LogP contribution in [0.1, 0.15) is 33.1 Å². The quantitative estimate of drug-likeness (QED) is 0.468. The zero-order chi connectivity index (χ0) is 12.6. The van der Waals surface area contributed by atoms with Crippen LogP contribution in [0.3, 0.4) is 0 Å². The van der Waals surface area contributed by atoms with Crippen molar-refractivity contribution in [1.29, 1.82) is 0 Å². The van der Waals surface area contributed by atoms with Gasteiger partial charge in [-0.05, 0) is 25.8 Å². The second-order valence-electron chi connectivity index (χ2n) is 4.17. The average Bonchev–Trinajstić information content (AvgIpc) is 2.86. The summed E-state index contributed by atoms with van der Waals surface area (Å²) in [5.74, 6) is 1.03. The fraction of sp³-hybridized carbons (Fsp3) is 0.750. The number of nitrogens with zero attached hydrogens (tertiary/aromatic N) is 1. The SMILES string of the molecule is CCNC(CC)(CO)CCCSc1ncc[nH]1. The molecule has 0 aliphatic rings. The summed E-state index contributed by atoms with van der Waals surface area (Å²) in [6.07, 6.45) is 6.65. The summed E-state index contributed by atoms with van der Waals surface area (Å²) in [4.78, 5) is 7.24. The van der Waals surface area contributed by atoms with E-state index < -0.39 is 0 Å². The molecule has 0 saturated heterocycles. The molecule has 17 heavy (non-hydrogen) atoms. The lowest BCUT2D eigenvalue weighted by atomic mass is 9.91. The number of rotatable bonds is 9. The first-order chi connectivity index (χ1) is 8.26. The largest absolute Gasteiger partial charge is 0.394 e. The topological polar surface area (TPSA) is 60.9 Å². The molecule has 0 aliphatic heterocycles. The van der Waals surface area contributed by atoms with Gasteiger partial charge in [0.2, 0.25) is 0 Å². The van der Waals surface area contributed by atoms with Crippen molar-refractivity contribution < 1.29 is 5.11 Å².